The number of nitrogens with one attached hydrogen (secondary N) is 1. The molecule has 2 aromatic rings. The Morgan fingerprint density at radius 1 is 1.23 bits per heavy atom. The van der Waals surface area contributed by atoms with Crippen LogP contribution in [0.5, 0.6) is 0 Å². The molecule has 3 nitrogen and oxygen atoms in total. The number of amides is 1. The molecule has 0 saturated carbocycles. The van der Waals surface area contributed by atoms with Crippen LogP contribution in [0.25, 0.3) is 17.2 Å². The average Bonchev–Trinajstić information content (AvgIpc) is 2.61. The van der Waals surface area contributed by atoms with Crippen molar-refractivity contribution in [3.8, 4) is 17.2 Å². The molecule has 0 radical (unpaired) electrons. The molecule has 5 heteroatoms. The van der Waals surface area contributed by atoms with Gasteiger partial charge in [-0.15, -0.1) is 0 Å². The molecule has 0 aliphatic carbocycles. The van der Waals surface area contributed by atoms with Gasteiger partial charge in [-0.25, -0.2) is 0 Å². The molecular formula is C21H20Cl2N2O. The summed E-state index contributed by atoms with van der Waals surface area (Å²) in [5.74, 6) is -0.111. The fourth-order valence-electron chi connectivity index (χ4n) is 2.62. The van der Waals surface area contributed by atoms with Crippen molar-refractivity contribution in [1.29, 1.82) is 5.26 Å². The summed E-state index contributed by atoms with van der Waals surface area (Å²) < 4.78 is 0. The second kappa shape index (κ2) is 8.89. The molecule has 134 valence electrons. The molecule has 0 spiro atoms. The molecule has 0 aliphatic heterocycles. The maximum absolute atomic E-state index is 12.1. The molecule has 1 N–H and O–H groups in total. The normalized spacial score (nSPS) is 11.2. The van der Waals surface area contributed by atoms with Crippen LogP contribution in [-0.4, -0.2) is 12.5 Å². The lowest BCUT2D eigenvalue weighted by molar-refractivity contribution is -0.117. The molecule has 0 aliphatic rings. The highest BCUT2D eigenvalue weighted by Gasteiger charge is 2.13. The Morgan fingerprint density at radius 3 is 2.58 bits per heavy atom. The molecule has 0 atom stereocenters. The van der Waals surface area contributed by atoms with E-state index in [4.69, 9.17) is 23.2 Å². The molecule has 2 aromatic carbocycles. The van der Waals surface area contributed by atoms with Crippen LogP contribution in [0.2, 0.25) is 10.0 Å². The molecule has 0 aromatic heterocycles. The first-order valence-electron chi connectivity index (χ1n) is 8.34. The van der Waals surface area contributed by atoms with E-state index in [1.807, 2.05) is 19.9 Å². The summed E-state index contributed by atoms with van der Waals surface area (Å²) in [5.41, 5.74) is 4.49. The van der Waals surface area contributed by atoms with Gasteiger partial charge >= 0.3 is 0 Å². The number of carbonyl (C=O) groups is 1. The van der Waals surface area contributed by atoms with Crippen LogP contribution in [-0.2, 0) is 4.79 Å². The summed E-state index contributed by atoms with van der Waals surface area (Å²) in [4.78, 5) is 12.1. The van der Waals surface area contributed by atoms with E-state index >= 15 is 0 Å². The summed E-state index contributed by atoms with van der Waals surface area (Å²) in [6.45, 7) is 6.35. The smallest absolute Gasteiger partial charge is 0.246 e. The van der Waals surface area contributed by atoms with Crippen molar-refractivity contribution < 1.29 is 4.79 Å². The largest absolute Gasteiger partial charge is 0.352 e. The third kappa shape index (κ3) is 4.66. The van der Waals surface area contributed by atoms with Gasteiger partial charge < -0.3 is 5.32 Å². The first-order valence-corrected chi connectivity index (χ1v) is 9.09. The lowest BCUT2D eigenvalue weighted by Crippen LogP contribution is -2.24. The van der Waals surface area contributed by atoms with E-state index < -0.39 is 0 Å². The summed E-state index contributed by atoms with van der Waals surface area (Å²) in [7, 11) is 0. The van der Waals surface area contributed by atoms with E-state index in [-0.39, 0.29) is 5.91 Å². The Kier molecular flexibility index (Phi) is 6.85. The molecule has 0 bridgehead atoms. The van der Waals surface area contributed by atoms with Crippen LogP contribution in [0.4, 0.5) is 0 Å². The molecule has 0 heterocycles. The van der Waals surface area contributed by atoms with E-state index in [1.54, 1.807) is 37.3 Å². The predicted octanol–water partition coefficient (Wildman–Crippen LogP) is 5.77. The number of benzene rings is 2. The van der Waals surface area contributed by atoms with Crippen molar-refractivity contribution in [2.24, 2.45) is 0 Å². The van der Waals surface area contributed by atoms with Gasteiger partial charge in [-0.2, -0.15) is 5.26 Å². The zero-order valence-corrected chi connectivity index (χ0v) is 16.5. The average molecular weight is 387 g/mol. The predicted molar refractivity (Wildman–Crippen MR) is 108 cm³/mol. The van der Waals surface area contributed by atoms with Gasteiger partial charge in [-0.1, -0.05) is 36.2 Å². The lowest BCUT2D eigenvalue weighted by atomic mass is 9.93. The Balaban J connectivity index is 2.55. The summed E-state index contributed by atoms with van der Waals surface area (Å²) in [5, 5.41) is 13.3. The maximum atomic E-state index is 12.1. The van der Waals surface area contributed by atoms with Crippen molar-refractivity contribution in [2.75, 3.05) is 6.54 Å². The first kappa shape index (κ1) is 20.0. The monoisotopic (exact) mass is 386 g/mol. The van der Waals surface area contributed by atoms with Gasteiger partial charge in [0, 0.05) is 27.7 Å². The standard InChI is InChI=1S/C21H20Cl2N2O/c1-4-7-25-21(26)13(2)8-16-9-15(12-24)10-19(14(16)3)18-6-5-17(22)11-20(18)23/h5-6,8-11H,4,7H2,1-3H3,(H,25,26)/b13-8+. The minimum atomic E-state index is -0.111. The van der Waals surface area contributed by atoms with E-state index in [0.29, 0.717) is 27.7 Å². The number of nitriles is 1. The van der Waals surface area contributed by atoms with E-state index in [9.17, 15) is 10.1 Å². The highest BCUT2D eigenvalue weighted by atomic mass is 35.5. The molecule has 1 amide bonds. The molecule has 0 unspecified atom stereocenters. The number of hydrogen-bond donors (Lipinski definition) is 1. The van der Waals surface area contributed by atoms with Crippen LogP contribution in [0.15, 0.2) is 35.9 Å². The fraction of sp³-hybridized carbons (Fsp3) is 0.238. The van der Waals surface area contributed by atoms with Crippen LogP contribution < -0.4 is 5.32 Å². The van der Waals surface area contributed by atoms with Gasteiger partial charge in [0.05, 0.1) is 11.6 Å². The third-order valence-corrected chi connectivity index (χ3v) is 4.61. The first-order chi connectivity index (χ1) is 12.4. The van der Waals surface area contributed by atoms with Gasteiger partial charge in [-0.3, -0.25) is 4.79 Å². The molecule has 26 heavy (non-hydrogen) atoms. The van der Waals surface area contributed by atoms with Crippen molar-refractivity contribution in [1.82, 2.24) is 5.32 Å². The maximum Gasteiger partial charge on any atom is 0.246 e. The van der Waals surface area contributed by atoms with Crippen molar-refractivity contribution in [3.63, 3.8) is 0 Å². The van der Waals surface area contributed by atoms with Gasteiger partial charge in [0.2, 0.25) is 5.91 Å². The number of halogens is 2. The minimum absolute atomic E-state index is 0.111. The van der Waals surface area contributed by atoms with E-state index in [1.165, 1.54) is 0 Å². The summed E-state index contributed by atoms with van der Waals surface area (Å²) >= 11 is 12.3. The summed E-state index contributed by atoms with van der Waals surface area (Å²) in [6, 6.07) is 11.0. The second-order valence-corrected chi connectivity index (χ2v) is 6.90. The number of hydrogen-bond acceptors (Lipinski definition) is 2. The fourth-order valence-corrected chi connectivity index (χ4v) is 3.13. The summed E-state index contributed by atoms with van der Waals surface area (Å²) in [6.07, 6.45) is 2.68. The topological polar surface area (TPSA) is 52.9 Å². The minimum Gasteiger partial charge on any atom is -0.352 e. The van der Waals surface area contributed by atoms with Crippen LogP contribution >= 0.6 is 23.2 Å². The number of carbonyl (C=O) groups excluding carboxylic acids is 1. The number of rotatable bonds is 5. The van der Waals surface area contributed by atoms with Crippen LogP contribution in [0.3, 0.4) is 0 Å². The van der Waals surface area contributed by atoms with Gasteiger partial charge in [-0.05, 0) is 67.3 Å². The Bertz CT molecular complexity index is 911. The van der Waals surface area contributed by atoms with Gasteiger partial charge in [0.25, 0.3) is 0 Å². The third-order valence-electron chi connectivity index (χ3n) is 4.06. The lowest BCUT2D eigenvalue weighted by Gasteiger charge is -2.13. The molecule has 2 rings (SSSR count). The van der Waals surface area contributed by atoms with Gasteiger partial charge in [0.15, 0.2) is 0 Å². The second-order valence-electron chi connectivity index (χ2n) is 6.06. The zero-order valence-electron chi connectivity index (χ0n) is 15.0. The van der Waals surface area contributed by atoms with Crippen molar-refractivity contribution in [3.05, 3.63) is 62.6 Å². The highest BCUT2D eigenvalue weighted by Crippen LogP contribution is 2.35. The highest BCUT2D eigenvalue weighted by molar-refractivity contribution is 6.36. The molecule has 0 fully saturated rings. The van der Waals surface area contributed by atoms with Gasteiger partial charge in [0.1, 0.15) is 0 Å². The van der Waals surface area contributed by atoms with E-state index in [0.717, 1.165) is 28.7 Å². The van der Waals surface area contributed by atoms with Crippen molar-refractivity contribution in [2.45, 2.75) is 27.2 Å². The molecular weight excluding hydrogens is 367 g/mol. The van der Waals surface area contributed by atoms with E-state index in [2.05, 4.69) is 11.4 Å². The van der Waals surface area contributed by atoms with Crippen molar-refractivity contribution >= 4 is 35.2 Å². The Labute approximate surface area is 164 Å². The number of nitrogens with zero attached hydrogens (tertiary/aromatic N) is 1. The van der Waals surface area contributed by atoms with Crippen LogP contribution in [0.1, 0.15) is 37.0 Å². The SMILES string of the molecule is CCCNC(=O)/C(C)=C/c1cc(C#N)cc(-c2ccc(Cl)cc2Cl)c1C. The Hall–Kier alpha value is -2.28. The van der Waals surface area contributed by atoms with Crippen LogP contribution in [0, 0.1) is 18.3 Å². The Morgan fingerprint density at radius 2 is 1.96 bits per heavy atom. The molecule has 0 saturated heterocycles. The quantitative estimate of drug-likeness (QED) is 0.662. The zero-order chi connectivity index (χ0) is 19.3.